The van der Waals surface area contributed by atoms with Crippen LogP contribution in [0.1, 0.15) is 48.0 Å². The minimum atomic E-state index is -0.959. The zero-order valence-electron chi connectivity index (χ0n) is 12.6. The Hall–Kier alpha value is -2.08. The molecule has 5 nitrogen and oxygen atoms in total. The van der Waals surface area contributed by atoms with Gasteiger partial charge in [0.1, 0.15) is 0 Å². The van der Waals surface area contributed by atoms with Crippen molar-refractivity contribution in [1.82, 2.24) is 5.32 Å². The zero-order chi connectivity index (χ0) is 16.2. The predicted molar refractivity (Wildman–Crippen MR) is 91.4 cm³/mol. The summed E-state index contributed by atoms with van der Waals surface area (Å²) in [6.45, 7) is 0. The fourth-order valence-electron chi connectivity index (χ4n) is 2.74. The first-order valence-electron chi connectivity index (χ1n) is 7.74. The Morgan fingerprint density at radius 1 is 1.22 bits per heavy atom. The van der Waals surface area contributed by atoms with Gasteiger partial charge in [0.05, 0.1) is 16.5 Å². The van der Waals surface area contributed by atoms with Crippen molar-refractivity contribution >= 4 is 34.9 Å². The molecule has 0 atom stereocenters. The van der Waals surface area contributed by atoms with Crippen LogP contribution in [0.15, 0.2) is 34.2 Å². The third kappa shape index (κ3) is 4.01. The van der Waals surface area contributed by atoms with Gasteiger partial charge in [-0.05, 0) is 48.4 Å². The van der Waals surface area contributed by atoms with E-state index in [9.17, 15) is 9.59 Å². The number of aromatic carboxylic acids is 1. The van der Waals surface area contributed by atoms with Gasteiger partial charge in [0, 0.05) is 0 Å². The lowest BCUT2D eigenvalue weighted by Gasteiger charge is -2.17. The fraction of sp³-hybridized carbons (Fsp3) is 0.353. The number of amidine groups is 1. The topological polar surface area (TPSA) is 78.8 Å². The molecule has 0 unspecified atom stereocenters. The molecule has 23 heavy (non-hydrogen) atoms. The number of nitrogens with one attached hydrogen (secondary N) is 1. The quantitative estimate of drug-likeness (QED) is 0.834. The van der Waals surface area contributed by atoms with Crippen LogP contribution >= 0.6 is 11.8 Å². The van der Waals surface area contributed by atoms with E-state index in [2.05, 4.69) is 10.3 Å². The van der Waals surface area contributed by atoms with E-state index in [-0.39, 0.29) is 11.5 Å². The van der Waals surface area contributed by atoms with Crippen molar-refractivity contribution in [3.8, 4) is 0 Å². The summed E-state index contributed by atoms with van der Waals surface area (Å²) in [5.74, 6) is -1.11. The Labute approximate surface area is 138 Å². The number of nitrogens with zero attached hydrogens (tertiary/aromatic N) is 1. The maximum Gasteiger partial charge on any atom is 0.335 e. The van der Waals surface area contributed by atoms with Gasteiger partial charge in [-0.3, -0.25) is 9.79 Å². The lowest BCUT2D eigenvalue weighted by atomic mass is 9.96. The van der Waals surface area contributed by atoms with Crippen LogP contribution in [0.5, 0.6) is 0 Å². The number of carbonyl (C=O) groups excluding carboxylic acids is 1. The Bertz CT molecular complexity index is 674. The van der Waals surface area contributed by atoms with Crippen LogP contribution in [-0.4, -0.2) is 28.2 Å². The molecule has 1 saturated carbocycles. The van der Waals surface area contributed by atoms with Crippen molar-refractivity contribution in [2.24, 2.45) is 4.99 Å². The molecule has 0 bridgehead atoms. The third-order valence-electron chi connectivity index (χ3n) is 3.98. The van der Waals surface area contributed by atoms with Crippen LogP contribution in [0.4, 0.5) is 0 Å². The molecule has 0 spiro atoms. The first-order valence-corrected chi connectivity index (χ1v) is 8.55. The minimum Gasteiger partial charge on any atom is -0.478 e. The summed E-state index contributed by atoms with van der Waals surface area (Å²) in [6, 6.07) is 6.77. The van der Waals surface area contributed by atoms with Gasteiger partial charge in [-0.2, -0.15) is 0 Å². The van der Waals surface area contributed by atoms with Crippen molar-refractivity contribution in [3.05, 3.63) is 40.3 Å². The second kappa shape index (κ2) is 7.00. The molecule has 1 saturated heterocycles. The van der Waals surface area contributed by atoms with Crippen LogP contribution in [-0.2, 0) is 4.79 Å². The first-order chi connectivity index (χ1) is 11.1. The Morgan fingerprint density at radius 2 is 1.91 bits per heavy atom. The number of carbonyl (C=O) groups is 2. The SMILES string of the molecule is O=C1NC(=NC2CCCCC2)S/C1=C\c1ccc(C(=O)O)cc1. The smallest absolute Gasteiger partial charge is 0.335 e. The van der Waals surface area contributed by atoms with E-state index >= 15 is 0 Å². The molecule has 1 aliphatic carbocycles. The fourth-order valence-corrected chi connectivity index (χ4v) is 3.63. The number of benzene rings is 1. The Morgan fingerprint density at radius 3 is 2.57 bits per heavy atom. The molecular weight excluding hydrogens is 312 g/mol. The highest BCUT2D eigenvalue weighted by molar-refractivity contribution is 8.18. The average molecular weight is 330 g/mol. The summed E-state index contributed by atoms with van der Waals surface area (Å²) in [7, 11) is 0. The van der Waals surface area contributed by atoms with Crippen LogP contribution in [0, 0.1) is 0 Å². The number of carboxylic acids is 1. The van der Waals surface area contributed by atoms with Crippen LogP contribution in [0.2, 0.25) is 0 Å². The van der Waals surface area contributed by atoms with Gasteiger partial charge >= 0.3 is 5.97 Å². The van der Waals surface area contributed by atoms with E-state index < -0.39 is 5.97 Å². The van der Waals surface area contributed by atoms with Crippen molar-refractivity contribution in [2.75, 3.05) is 0 Å². The van der Waals surface area contributed by atoms with Crippen molar-refractivity contribution in [1.29, 1.82) is 0 Å². The molecule has 1 aliphatic heterocycles. The number of carboxylic acid groups (broad SMARTS) is 1. The summed E-state index contributed by atoms with van der Waals surface area (Å²) in [6.07, 6.45) is 7.63. The van der Waals surface area contributed by atoms with Gasteiger partial charge in [-0.25, -0.2) is 4.79 Å². The van der Waals surface area contributed by atoms with Gasteiger partial charge in [-0.15, -0.1) is 0 Å². The second-order valence-electron chi connectivity index (χ2n) is 5.72. The van der Waals surface area contributed by atoms with E-state index in [1.807, 2.05) is 0 Å². The lowest BCUT2D eigenvalue weighted by Crippen LogP contribution is -2.22. The van der Waals surface area contributed by atoms with Crippen molar-refractivity contribution < 1.29 is 14.7 Å². The maximum absolute atomic E-state index is 12.0. The molecule has 1 aromatic rings. The van der Waals surface area contributed by atoms with E-state index in [0.717, 1.165) is 18.4 Å². The van der Waals surface area contributed by atoms with Crippen molar-refractivity contribution in [2.45, 2.75) is 38.1 Å². The molecule has 1 aromatic carbocycles. The van der Waals surface area contributed by atoms with Crippen molar-refractivity contribution in [3.63, 3.8) is 0 Å². The highest BCUT2D eigenvalue weighted by atomic mass is 32.2. The van der Waals surface area contributed by atoms with Crippen LogP contribution < -0.4 is 5.32 Å². The van der Waals surface area contributed by atoms with Gasteiger partial charge in [0.15, 0.2) is 5.17 Å². The third-order valence-corrected chi connectivity index (χ3v) is 4.90. The van der Waals surface area contributed by atoms with Crippen LogP contribution in [0.3, 0.4) is 0 Å². The average Bonchev–Trinajstić information content (AvgIpc) is 2.88. The second-order valence-corrected chi connectivity index (χ2v) is 6.75. The monoisotopic (exact) mass is 330 g/mol. The largest absolute Gasteiger partial charge is 0.478 e. The van der Waals surface area contributed by atoms with E-state index in [0.29, 0.717) is 16.1 Å². The number of rotatable bonds is 3. The molecule has 1 heterocycles. The molecule has 0 radical (unpaired) electrons. The summed E-state index contributed by atoms with van der Waals surface area (Å²) < 4.78 is 0. The van der Waals surface area contributed by atoms with Gasteiger partial charge in [-0.1, -0.05) is 31.4 Å². The number of hydrogen-bond acceptors (Lipinski definition) is 4. The molecule has 2 aliphatic rings. The lowest BCUT2D eigenvalue weighted by molar-refractivity contribution is -0.115. The number of thioether (sulfide) groups is 1. The molecule has 1 amide bonds. The molecule has 2 N–H and O–H groups in total. The maximum atomic E-state index is 12.0. The molecule has 2 fully saturated rings. The Balaban J connectivity index is 1.71. The normalized spacial score (nSPS) is 22.5. The van der Waals surface area contributed by atoms with E-state index in [1.54, 1.807) is 18.2 Å². The van der Waals surface area contributed by atoms with Crippen LogP contribution in [0.25, 0.3) is 6.08 Å². The molecular formula is C17H18N2O3S. The molecule has 0 aromatic heterocycles. The summed E-state index contributed by atoms with van der Waals surface area (Å²) in [4.78, 5) is 28.1. The summed E-state index contributed by atoms with van der Waals surface area (Å²) >= 11 is 1.35. The van der Waals surface area contributed by atoms with Gasteiger partial charge in [0.25, 0.3) is 5.91 Å². The number of hydrogen-bond donors (Lipinski definition) is 2. The van der Waals surface area contributed by atoms with Gasteiger partial charge < -0.3 is 10.4 Å². The highest BCUT2D eigenvalue weighted by Crippen LogP contribution is 2.28. The molecule has 120 valence electrons. The standard InChI is InChI=1S/C17H18N2O3S/c20-15-14(10-11-6-8-12(9-7-11)16(21)22)23-17(19-15)18-13-4-2-1-3-5-13/h6-10,13H,1-5H2,(H,21,22)(H,18,19,20)/b14-10-. The predicted octanol–water partition coefficient (Wildman–Crippen LogP) is 3.28. The number of aliphatic imine (C=N–C) groups is 1. The van der Waals surface area contributed by atoms with E-state index in [1.165, 1.54) is 43.2 Å². The number of amides is 1. The minimum absolute atomic E-state index is 0.146. The zero-order valence-corrected chi connectivity index (χ0v) is 13.4. The highest BCUT2D eigenvalue weighted by Gasteiger charge is 2.25. The molecule has 3 rings (SSSR count). The summed E-state index contributed by atoms with van der Waals surface area (Å²) in [5.41, 5.74) is 1.03. The summed E-state index contributed by atoms with van der Waals surface area (Å²) in [5, 5.41) is 12.4. The Kier molecular flexibility index (Phi) is 4.81. The first kappa shape index (κ1) is 15.8. The van der Waals surface area contributed by atoms with E-state index in [4.69, 9.17) is 5.11 Å². The van der Waals surface area contributed by atoms with Gasteiger partial charge in [0.2, 0.25) is 0 Å². The molecule has 6 heteroatoms.